The largest absolute Gasteiger partial charge is 0.342 e. The van der Waals surface area contributed by atoms with E-state index in [1.165, 1.54) is 11.1 Å². The quantitative estimate of drug-likeness (QED) is 0.855. The Balaban J connectivity index is 2.66. The third-order valence-corrected chi connectivity index (χ3v) is 3.49. The van der Waals surface area contributed by atoms with Crippen LogP contribution in [0.1, 0.15) is 44.9 Å². The van der Waals surface area contributed by atoms with Gasteiger partial charge in [-0.05, 0) is 40.2 Å². The van der Waals surface area contributed by atoms with Crippen LogP contribution < -0.4 is 5.32 Å². The zero-order valence-electron chi connectivity index (χ0n) is 12.7. The summed E-state index contributed by atoms with van der Waals surface area (Å²) in [6.45, 7) is 11.7. The Kier molecular flexibility index (Phi) is 6.03. The highest BCUT2D eigenvalue weighted by molar-refractivity contribution is 5.81. The zero-order chi connectivity index (χ0) is 14.4. The molecule has 0 bridgehead atoms. The summed E-state index contributed by atoms with van der Waals surface area (Å²) in [7, 11) is 0. The number of amides is 1. The van der Waals surface area contributed by atoms with Crippen molar-refractivity contribution in [1.29, 1.82) is 0 Å². The monoisotopic (exact) mass is 262 g/mol. The molecule has 0 fully saturated rings. The molecule has 3 nitrogen and oxygen atoms in total. The molecular weight excluding hydrogens is 236 g/mol. The molecule has 0 aliphatic carbocycles. The summed E-state index contributed by atoms with van der Waals surface area (Å²) in [6.07, 6.45) is 0. The van der Waals surface area contributed by atoms with Gasteiger partial charge in [0.15, 0.2) is 0 Å². The van der Waals surface area contributed by atoms with E-state index in [-0.39, 0.29) is 18.0 Å². The average Bonchev–Trinajstić information content (AvgIpc) is 2.39. The summed E-state index contributed by atoms with van der Waals surface area (Å²) < 4.78 is 0. The first-order valence-electron chi connectivity index (χ1n) is 7.11. The number of aryl methyl sites for hydroxylation is 1. The first-order valence-corrected chi connectivity index (χ1v) is 7.11. The first kappa shape index (κ1) is 15.7. The lowest BCUT2D eigenvalue weighted by Gasteiger charge is -2.26. The van der Waals surface area contributed by atoms with Gasteiger partial charge in [0.05, 0.1) is 6.04 Å². The zero-order valence-corrected chi connectivity index (χ0v) is 12.7. The van der Waals surface area contributed by atoms with Crippen molar-refractivity contribution in [3.8, 4) is 0 Å². The van der Waals surface area contributed by atoms with E-state index in [4.69, 9.17) is 0 Å². The van der Waals surface area contributed by atoms with Gasteiger partial charge >= 0.3 is 0 Å². The summed E-state index contributed by atoms with van der Waals surface area (Å²) in [5.41, 5.74) is 2.47. The molecule has 0 saturated heterocycles. The molecule has 0 aromatic heterocycles. The van der Waals surface area contributed by atoms with Crippen LogP contribution >= 0.6 is 0 Å². The standard InChI is InChI=1S/C16H26N2O/c1-6-18(7-2)16(19)14(5)17-13(4)15-10-8-9-12(3)11-15/h8-11,13-14,17H,6-7H2,1-5H3/t13-,14?/m1/s1. The van der Waals surface area contributed by atoms with Crippen molar-refractivity contribution in [2.24, 2.45) is 0 Å². The Morgan fingerprint density at radius 2 is 1.89 bits per heavy atom. The molecule has 0 heterocycles. The van der Waals surface area contributed by atoms with Gasteiger partial charge in [-0.2, -0.15) is 0 Å². The fraction of sp³-hybridized carbons (Fsp3) is 0.562. The molecule has 1 aromatic rings. The number of rotatable bonds is 6. The van der Waals surface area contributed by atoms with E-state index in [9.17, 15) is 4.79 Å². The summed E-state index contributed by atoms with van der Waals surface area (Å²) in [6, 6.07) is 8.41. The maximum absolute atomic E-state index is 12.2. The Hall–Kier alpha value is -1.35. The number of benzene rings is 1. The lowest BCUT2D eigenvalue weighted by atomic mass is 10.0. The lowest BCUT2D eigenvalue weighted by molar-refractivity contribution is -0.132. The highest BCUT2D eigenvalue weighted by atomic mass is 16.2. The van der Waals surface area contributed by atoms with E-state index in [0.717, 1.165) is 13.1 Å². The summed E-state index contributed by atoms with van der Waals surface area (Å²) >= 11 is 0. The molecule has 1 unspecified atom stereocenters. The molecular formula is C16H26N2O. The lowest BCUT2D eigenvalue weighted by Crippen LogP contribution is -2.45. The SMILES string of the molecule is CCN(CC)C(=O)C(C)N[C@H](C)c1cccc(C)c1. The van der Waals surface area contributed by atoms with E-state index >= 15 is 0 Å². The van der Waals surface area contributed by atoms with Crippen LogP contribution in [-0.4, -0.2) is 29.9 Å². The fourth-order valence-corrected chi connectivity index (χ4v) is 2.29. The number of carbonyl (C=O) groups is 1. The van der Waals surface area contributed by atoms with Crippen molar-refractivity contribution in [3.05, 3.63) is 35.4 Å². The molecule has 1 rings (SSSR count). The molecule has 1 aromatic carbocycles. The van der Waals surface area contributed by atoms with Gasteiger partial charge in [0.2, 0.25) is 5.91 Å². The van der Waals surface area contributed by atoms with E-state index in [1.54, 1.807) is 0 Å². The number of carbonyl (C=O) groups excluding carboxylic acids is 1. The molecule has 0 saturated carbocycles. The van der Waals surface area contributed by atoms with Crippen LogP contribution in [-0.2, 0) is 4.79 Å². The van der Waals surface area contributed by atoms with Crippen molar-refractivity contribution in [1.82, 2.24) is 10.2 Å². The fourth-order valence-electron chi connectivity index (χ4n) is 2.29. The molecule has 0 aliphatic heterocycles. The maximum Gasteiger partial charge on any atom is 0.239 e. The van der Waals surface area contributed by atoms with Crippen molar-refractivity contribution < 1.29 is 4.79 Å². The number of nitrogens with one attached hydrogen (secondary N) is 1. The summed E-state index contributed by atoms with van der Waals surface area (Å²) in [5.74, 6) is 0.171. The van der Waals surface area contributed by atoms with Gasteiger partial charge in [-0.25, -0.2) is 0 Å². The van der Waals surface area contributed by atoms with Gasteiger partial charge in [0.1, 0.15) is 0 Å². The van der Waals surface area contributed by atoms with E-state index < -0.39 is 0 Å². The van der Waals surface area contributed by atoms with Gasteiger partial charge < -0.3 is 4.90 Å². The second kappa shape index (κ2) is 7.29. The second-order valence-electron chi connectivity index (χ2n) is 5.03. The predicted molar refractivity (Wildman–Crippen MR) is 80.1 cm³/mol. The summed E-state index contributed by atoms with van der Waals surface area (Å²) in [4.78, 5) is 14.1. The Morgan fingerprint density at radius 1 is 1.26 bits per heavy atom. The Morgan fingerprint density at radius 3 is 2.42 bits per heavy atom. The van der Waals surface area contributed by atoms with Crippen LogP contribution in [0, 0.1) is 6.92 Å². The molecule has 3 heteroatoms. The minimum absolute atomic E-state index is 0.157. The van der Waals surface area contributed by atoms with Gasteiger partial charge in [0.25, 0.3) is 0 Å². The third-order valence-electron chi connectivity index (χ3n) is 3.49. The molecule has 0 radical (unpaired) electrons. The van der Waals surface area contributed by atoms with Crippen LogP contribution in [0.15, 0.2) is 24.3 Å². The topological polar surface area (TPSA) is 32.3 Å². The number of nitrogens with zero attached hydrogens (tertiary/aromatic N) is 1. The smallest absolute Gasteiger partial charge is 0.239 e. The highest BCUT2D eigenvalue weighted by Gasteiger charge is 2.20. The minimum atomic E-state index is -0.157. The Bertz CT molecular complexity index is 413. The second-order valence-corrected chi connectivity index (χ2v) is 5.03. The molecule has 19 heavy (non-hydrogen) atoms. The van der Waals surface area contributed by atoms with Gasteiger partial charge in [-0.15, -0.1) is 0 Å². The van der Waals surface area contributed by atoms with Crippen LogP contribution in [0.25, 0.3) is 0 Å². The minimum Gasteiger partial charge on any atom is -0.342 e. The number of hydrogen-bond acceptors (Lipinski definition) is 2. The third kappa shape index (κ3) is 4.35. The normalized spacial score (nSPS) is 13.9. The molecule has 1 N–H and O–H groups in total. The molecule has 0 aliphatic rings. The summed E-state index contributed by atoms with van der Waals surface area (Å²) in [5, 5.41) is 3.38. The van der Waals surface area contributed by atoms with Crippen LogP contribution in [0.4, 0.5) is 0 Å². The van der Waals surface area contributed by atoms with Gasteiger partial charge in [0, 0.05) is 19.1 Å². The highest BCUT2D eigenvalue weighted by Crippen LogP contribution is 2.14. The average molecular weight is 262 g/mol. The van der Waals surface area contributed by atoms with Crippen LogP contribution in [0.3, 0.4) is 0 Å². The van der Waals surface area contributed by atoms with Crippen LogP contribution in [0.2, 0.25) is 0 Å². The predicted octanol–water partition coefficient (Wildman–Crippen LogP) is 2.90. The van der Waals surface area contributed by atoms with E-state index in [1.807, 2.05) is 25.7 Å². The van der Waals surface area contributed by atoms with Crippen molar-refractivity contribution in [3.63, 3.8) is 0 Å². The maximum atomic E-state index is 12.2. The van der Waals surface area contributed by atoms with Crippen molar-refractivity contribution >= 4 is 5.91 Å². The van der Waals surface area contributed by atoms with Crippen molar-refractivity contribution in [2.75, 3.05) is 13.1 Å². The van der Waals surface area contributed by atoms with Crippen LogP contribution in [0.5, 0.6) is 0 Å². The molecule has 2 atom stereocenters. The number of hydrogen-bond donors (Lipinski definition) is 1. The van der Waals surface area contributed by atoms with Gasteiger partial charge in [-0.1, -0.05) is 29.8 Å². The van der Waals surface area contributed by atoms with Gasteiger partial charge in [-0.3, -0.25) is 10.1 Å². The molecule has 1 amide bonds. The first-order chi connectivity index (χ1) is 8.99. The van der Waals surface area contributed by atoms with Crippen molar-refractivity contribution in [2.45, 2.75) is 46.7 Å². The molecule has 106 valence electrons. The van der Waals surface area contributed by atoms with E-state index in [0.29, 0.717) is 0 Å². The Labute approximate surface area is 117 Å². The number of likely N-dealkylation sites (N-methyl/N-ethyl adjacent to an activating group) is 1. The van der Waals surface area contributed by atoms with E-state index in [2.05, 4.69) is 43.4 Å². The molecule has 0 spiro atoms.